The summed E-state index contributed by atoms with van der Waals surface area (Å²) in [4.78, 5) is 51.8. The lowest BCUT2D eigenvalue weighted by Gasteiger charge is -2.27. The molecule has 1 atom stereocenters. The quantitative estimate of drug-likeness (QED) is 0.803. The summed E-state index contributed by atoms with van der Waals surface area (Å²) < 4.78 is 0. The number of hydrogen-bond donors (Lipinski definition) is 1. The van der Waals surface area contributed by atoms with Gasteiger partial charge < -0.3 is 10.0 Å². The van der Waals surface area contributed by atoms with Crippen LogP contribution in [0.3, 0.4) is 0 Å². The maximum Gasteiger partial charge on any atom is 0.326 e. The van der Waals surface area contributed by atoms with Crippen molar-refractivity contribution in [3.8, 4) is 0 Å². The van der Waals surface area contributed by atoms with Crippen molar-refractivity contribution in [2.24, 2.45) is 0 Å². The zero-order valence-corrected chi connectivity index (χ0v) is 15.3. The molecule has 1 fully saturated rings. The number of carboxylic acids is 1. The predicted molar refractivity (Wildman–Crippen MR) is 101 cm³/mol. The van der Waals surface area contributed by atoms with E-state index in [1.165, 1.54) is 9.80 Å². The molecule has 0 unspecified atom stereocenters. The number of aliphatic carboxylic acids is 1. The average Bonchev–Trinajstić information content (AvgIpc) is 3.19. The van der Waals surface area contributed by atoms with Crippen molar-refractivity contribution in [3.63, 3.8) is 0 Å². The Morgan fingerprint density at radius 3 is 2.29 bits per heavy atom. The number of hydrogen-bond acceptors (Lipinski definition) is 4. The van der Waals surface area contributed by atoms with Crippen molar-refractivity contribution in [2.45, 2.75) is 31.7 Å². The highest BCUT2D eigenvalue weighted by molar-refractivity contribution is 6.25. The fraction of sp³-hybridized carbons (Fsp3) is 0.333. The van der Waals surface area contributed by atoms with Gasteiger partial charge in [-0.15, -0.1) is 0 Å². The van der Waals surface area contributed by atoms with Gasteiger partial charge in [-0.3, -0.25) is 19.3 Å². The van der Waals surface area contributed by atoms with Crippen LogP contribution in [0, 0.1) is 0 Å². The molecule has 1 saturated heterocycles. The summed E-state index contributed by atoms with van der Waals surface area (Å²) in [5.74, 6) is -1.95. The maximum atomic E-state index is 12.8. The summed E-state index contributed by atoms with van der Waals surface area (Å²) in [5.41, 5.74) is 0.981. The van der Waals surface area contributed by atoms with Crippen LogP contribution in [-0.2, 0) is 9.59 Å². The van der Waals surface area contributed by atoms with Gasteiger partial charge in [0.05, 0.1) is 0 Å². The van der Waals surface area contributed by atoms with Crippen molar-refractivity contribution in [1.82, 2.24) is 9.80 Å². The highest BCUT2D eigenvalue weighted by Gasteiger charge is 2.35. The van der Waals surface area contributed by atoms with Crippen LogP contribution in [0.1, 0.15) is 46.4 Å². The third kappa shape index (κ3) is 2.93. The topological polar surface area (TPSA) is 95.0 Å². The zero-order valence-electron chi connectivity index (χ0n) is 15.3. The molecule has 2 heterocycles. The fourth-order valence-corrected chi connectivity index (χ4v) is 4.14. The molecule has 7 heteroatoms. The molecular weight excluding hydrogens is 360 g/mol. The summed E-state index contributed by atoms with van der Waals surface area (Å²) in [6, 6.07) is 9.96. The van der Waals surface area contributed by atoms with Gasteiger partial charge in [0.15, 0.2) is 0 Å². The van der Waals surface area contributed by atoms with E-state index in [0.29, 0.717) is 42.3 Å². The predicted octanol–water partition coefficient (Wildman–Crippen LogP) is 2.29. The van der Waals surface area contributed by atoms with Crippen molar-refractivity contribution in [3.05, 3.63) is 47.5 Å². The molecular formula is C21H20N2O5. The Kier molecular flexibility index (Phi) is 4.58. The second-order valence-corrected chi connectivity index (χ2v) is 7.16. The van der Waals surface area contributed by atoms with Crippen molar-refractivity contribution in [1.29, 1.82) is 0 Å². The standard InChI is InChI=1S/C21H20N2O5/c24-17(22-11-3-9-16(22)21(27)28)10-4-12-23-19(25)14-7-1-5-13-6-2-8-15(18(13)14)20(23)26/h1-2,5-8,16H,3-4,9-12H2,(H,27,28)/t16-/m0/s1. The van der Waals surface area contributed by atoms with Gasteiger partial charge >= 0.3 is 5.97 Å². The van der Waals surface area contributed by atoms with Crippen molar-refractivity contribution >= 4 is 34.5 Å². The minimum Gasteiger partial charge on any atom is -0.480 e. The SMILES string of the molecule is O=C(O)[C@@H]1CCCN1C(=O)CCCN1C(=O)c2cccc3cccc(c23)C1=O. The normalized spacial score (nSPS) is 18.8. The molecule has 2 aromatic rings. The van der Waals surface area contributed by atoms with E-state index < -0.39 is 12.0 Å². The molecule has 4 rings (SSSR count). The van der Waals surface area contributed by atoms with Crippen LogP contribution in [0.25, 0.3) is 10.8 Å². The van der Waals surface area contributed by atoms with Gasteiger partial charge in [-0.05, 0) is 36.8 Å². The van der Waals surface area contributed by atoms with E-state index in [-0.39, 0.29) is 30.7 Å². The van der Waals surface area contributed by atoms with Gasteiger partial charge in [0.25, 0.3) is 11.8 Å². The molecule has 144 valence electrons. The summed E-state index contributed by atoms with van der Waals surface area (Å²) in [6.07, 6.45) is 1.54. The molecule has 0 spiro atoms. The minimum atomic E-state index is -0.989. The first kappa shape index (κ1) is 18.2. The number of benzene rings is 2. The number of nitrogens with zero attached hydrogens (tertiary/aromatic N) is 2. The van der Waals surface area contributed by atoms with Gasteiger partial charge in [-0.2, -0.15) is 0 Å². The highest BCUT2D eigenvalue weighted by atomic mass is 16.4. The van der Waals surface area contributed by atoms with Gasteiger partial charge in [0, 0.05) is 36.0 Å². The minimum absolute atomic E-state index is 0.104. The number of imide groups is 1. The Morgan fingerprint density at radius 2 is 1.68 bits per heavy atom. The van der Waals surface area contributed by atoms with Gasteiger partial charge in [-0.25, -0.2) is 4.79 Å². The fourth-order valence-electron chi connectivity index (χ4n) is 4.14. The van der Waals surface area contributed by atoms with E-state index >= 15 is 0 Å². The Bertz CT molecular complexity index is 949. The van der Waals surface area contributed by atoms with Crippen molar-refractivity contribution in [2.75, 3.05) is 13.1 Å². The second-order valence-electron chi connectivity index (χ2n) is 7.16. The summed E-state index contributed by atoms with van der Waals surface area (Å²) >= 11 is 0. The lowest BCUT2D eigenvalue weighted by Crippen LogP contribution is -2.42. The third-order valence-corrected chi connectivity index (χ3v) is 5.49. The number of carboxylic acid groups (broad SMARTS) is 1. The van der Waals surface area contributed by atoms with E-state index in [2.05, 4.69) is 0 Å². The lowest BCUT2D eigenvalue weighted by atomic mass is 9.94. The molecule has 2 aliphatic heterocycles. The molecule has 0 aliphatic carbocycles. The van der Waals surface area contributed by atoms with Crippen LogP contribution in [0.5, 0.6) is 0 Å². The molecule has 2 aromatic carbocycles. The molecule has 0 aromatic heterocycles. The number of rotatable bonds is 5. The van der Waals surface area contributed by atoms with Crippen LogP contribution in [0.2, 0.25) is 0 Å². The summed E-state index contributed by atoms with van der Waals surface area (Å²) in [6.45, 7) is 0.562. The van der Waals surface area contributed by atoms with Crippen LogP contribution in [0.4, 0.5) is 0 Å². The number of amides is 3. The molecule has 1 N–H and O–H groups in total. The van der Waals surface area contributed by atoms with Crippen LogP contribution < -0.4 is 0 Å². The van der Waals surface area contributed by atoms with Crippen LogP contribution in [0.15, 0.2) is 36.4 Å². The van der Waals surface area contributed by atoms with E-state index in [9.17, 15) is 24.3 Å². The third-order valence-electron chi connectivity index (χ3n) is 5.49. The molecule has 0 bridgehead atoms. The van der Waals surface area contributed by atoms with Gasteiger partial charge in [-0.1, -0.05) is 24.3 Å². The monoisotopic (exact) mass is 380 g/mol. The second kappa shape index (κ2) is 7.07. The zero-order chi connectivity index (χ0) is 19.8. The van der Waals surface area contributed by atoms with E-state index in [1.54, 1.807) is 24.3 Å². The first-order chi connectivity index (χ1) is 13.5. The van der Waals surface area contributed by atoms with E-state index in [0.717, 1.165) is 5.39 Å². The van der Waals surface area contributed by atoms with Crippen LogP contribution in [-0.4, -0.2) is 57.7 Å². The Balaban J connectivity index is 1.46. The molecule has 2 aliphatic rings. The molecule has 7 nitrogen and oxygen atoms in total. The Labute approximate surface area is 161 Å². The van der Waals surface area contributed by atoms with E-state index in [1.807, 2.05) is 12.1 Å². The summed E-state index contributed by atoms with van der Waals surface area (Å²) in [5, 5.41) is 10.7. The van der Waals surface area contributed by atoms with E-state index in [4.69, 9.17) is 0 Å². The molecule has 0 radical (unpaired) electrons. The number of carbonyl (C=O) groups is 4. The Hall–Kier alpha value is -3.22. The smallest absolute Gasteiger partial charge is 0.326 e. The van der Waals surface area contributed by atoms with Crippen LogP contribution >= 0.6 is 0 Å². The first-order valence-corrected chi connectivity index (χ1v) is 9.39. The molecule has 0 saturated carbocycles. The maximum absolute atomic E-state index is 12.8. The summed E-state index contributed by atoms with van der Waals surface area (Å²) in [7, 11) is 0. The lowest BCUT2D eigenvalue weighted by molar-refractivity contribution is -0.148. The number of likely N-dealkylation sites (tertiary alicyclic amines) is 1. The number of carbonyl (C=O) groups excluding carboxylic acids is 3. The largest absolute Gasteiger partial charge is 0.480 e. The highest BCUT2D eigenvalue weighted by Crippen LogP contribution is 2.30. The first-order valence-electron chi connectivity index (χ1n) is 9.39. The van der Waals surface area contributed by atoms with Gasteiger partial charge in [0.2, 0.25) is 5.91 Å². The van der Waals surface area contributed by atoms with Crippen molar-refractivity contribution < 1.29 is 24.3 Å². The molecule has 28 heavy (non-hydrogen) atoms. The molecule has 3 amide bonds. The van der Waals surface area contributed by atoms with Gasteiger partial charge in [0.1, 0.15) is 6.04 Å². The average molecular weight is 380 g/mol. The Morgan fingerprint density at radius 1 is 1.04 bits per heavy atom.